The van der Waals surface area contributed by atoms with E-state index in [1.807, 2.05) is 22.6 Å². The fourth-order valence-corrected chi connectivity index (χ4v) is 4.29. The molecule has 21 heavy (non-hydrogen) atoms. The van der Waals surface area contributed by atoms with Gasteiger partial charge >= 0.3 is 5.97 Å². The van der Waals surface area contributed by atoms with E-state index in [0.29, 0.717) is 12.0 Å². The number of nitrogens with one attached hydrogen (secondary N) is 1. The molecule has 0 radical (unpaired) electrons. The minimum Gasteiger partial charge on any atom is -0.452 e. The number of amides is 1. The Morgan fingerprint density at radius 3 is 2.67 bits per heavy atom. The SMILES string of the molecule is O=C(COC(=O)c1ccccc1I)N[C@@H]1CCS(=O)(=O)C1. The van der Waals surface area contributed by atoms with Crippen LogP contribution in [0, 0.1) is 3.57 Å². The maximum Gasteiger partial charge on any atom is 0.339 e. The average molecular weight is 423 g/mol. The van der Waals surface area contributed by atoms with Crippen LogP contribution in [0.5, 0.6) is 0 Å². The van der Waals surface area contributed by atoms with Gasteiger partial charge in [-0.25, -0.2) is 13.2 Å². The highest BCUT2D eigenvalue weighted by Crippen LogP contribution is 2.13. The van der Waals surface area contributed by atoms with Crippen molar-refractivity contribution >= 4 is 44.3 Å². The van der Waals surface area contributed by atoms with Gasteiger partial charge in [-0.15, -0.1) is 0 Å². The van der Waals surface area contributed by atoms with Crippen molar-refractivity contribution in [2.45, 2.75) is 12.5 Å². The maximum absolute atomic E-state index is 11.8. The number of carbonyl (C=O) groups excluding carboxylic acids is 2. The first kappa shape index (κ1) is 16.2. The summed E-state index contributed by atoms with van der Waals surface area (Å²) in [7, 11) is -3.04. The van der Waals surface area contributed by atoms with Crippen LogP contribution in [0.25, 0.3) is 0 Å². The molecule has 2 rings (SSSR count). The zero-order valence-corrected chi connectivity index (χ0v) is 14.0. The van der Waals surface area contributed by atoms with Gasteiger partial charge in [0, 0.05) is 9.61 Å². The second-order valence-electron chi connectivity index (χ2n) is 4.72. The molecule has 1 heterocycles. The Kier molecular flexibility index (Phi) is 5.20. The third-order valence-electron chi connectivity index (χ3n) is 3.03. The summed E-state index contributed by atoms with van der Waals surface area (Å²) >= 11 is 2.01. The van der Waals surface area contributed by atoms with E-state index in [1.54, 1.807) is 24.3 Å². The largest absolute Gasteiger partial charge is 0.452 e. The topological polar surface area (TPSA) is 89.5 Å². The van der Waals surface area contributed by atoms with Crippen molar-refractivity contribution in [1.29, 1.82) is 0 Å². The van der Waals surface area contributed by atoms with E-state index in [9.17, 15) is 18.0 Å². The molecule has 1 fully saturated rings. The van der Waals surface area contributed by atoms with Gasteiger partial charge in [0.15, 0.2) is 16.4 Å². The maximum atomic E-state index is 11.8. The van der Waals surface area contributed by atoms with Crippen LogP contribution in [0.3, 0.4) is 0 Å². The number of hydrogen-bond acceptors (Lipinski definition) is 5. The molecule has 8 heteroatoms. The highest BCUT2D eigenvalue weighted by atomic mass is 127. The Labute approximate surface area is 136 Å². The summed E-state index contributed by atoms with van der Waals surface area (Å²) in [6.45, 7) is -0.416. The predicted molar refractivity (Wildman–Crippen MR) is 84.6 cm³/mol. The summed E-state index contributed by atoms with van der Waals surface area (Å²) in [6, 6.07) is 6.50. The van der Waals surface area contributed by atoms with Gasteiger partial charge < -0.3 is 10.1 Å². The molecule has 0 unspecified atom stereocenters. The molecule has 1 saturated heterocycles. The Balaban J connectivity index is 1.82. The third-order valence-corrected chi connectivity index (χ3v) is 5.73. The lowest BCUT2D eigenvalue weighted by Gasteiger charge is -2.11. The number of hydrogen-bond donors (Lipinski definition) is 1. The lowest BCUT2D eigenvalue weighted by molar-refractivity contribution is -0.124. The van der Waals surface area contributed by atoms with E-state index < -0.39 is 34.4 Å². The first-order valence-corrected chi connectivity index (χ1v) is 9.19. The first-order valence-electron chi connectivity index (χ1n) is 6.29. The molecular formula is C13H14INO5S. The first-order chi connectivity index (χ1) is 9.87. The zero-order chi connectivity index (χ0) is 15.5. The fraction of sp³-hybridized carbons (Fsp3) is 0.385. The van der Waals surface area contributed by atoms with E-state index in [4.69, 9.17) is 4.74 Å². The lowest BCUT2D eigenvalue weighted by atomic mass is 10.2. The Hall–Kier alpha value is -1.16. The Morgan fingerprint density at radius 2 is 2.05 bits per heavy atom. The van der Waals surface area contributed by atoms with Crippen molar-refractivity contribution in [1.82, 2.24) is 5.32 Å². The van der Waals surface area contributed by atoms with Crippen molar-refractivity contribution in [3.05, 3.63) is 33.4 Å². The van der Waals surface area contributed by atoms with Gasteiger partial charge in [0.2, 0.25) is 0 Å². The highest BCUT2D eigenvalue weighted by Gasteiger charge is 2.29. The van der Waals surface area contributed by atoms with E-state index in [1.165, 1.54) is 0 Å². The monoisotopic (exact) mass is 423 g/mol. The van der Waals surface area contributed by atoms with Crippen LogP contribution in [0.15, 0.2) is 24.3 Å². The van der Waals surface area contributed by atoms with Crippen LogP contribution in [0.4, 0.5) is 0 Å². The number of carbonyl (C=O) groups is 2. The van der Waals surface area contributed by atoms with E-state index in [2.05, 4.69) is 5.32 Å². The molecular weight excluding hydrogens is 409 g/mol. The quantitative estimate of drug-likeness (QED) is 0.571. The third kappa shape index (κ3) is 4.67. The molecule has 1 atom stereocenters. The molecule has 0 aromatic heterocycles. The average Bonchev–Trinajstić information content (AvgIpc) is 2.75. The van der Waals surface area contributed by atoms with Crippen LogP contribution >= 0.6 is 22.6 Å². The summed E-state index contributed by atoms with van der Waals surface area (Å²) in [4.78, 5) is 23.5. The van der Waals surface area contributed by atoms with Gasteiger partial charge in [-0.1, -0.05) is 12.1 Å². The van der Waals surface area contributed by atoms with Gasteiger partial charge in [-0.3, -0.25) is 4.79 Å². The molecule has 1 aliphatic rings. The number of esters is 1. The van der Waals surface area contributed by atoms with Crippen molar-refractivity contribution < 1.29 is 22.7 Å². The fourth-order valence-electron chi connectivity index (χ4n) is 2.01. The predicted octanol–water partition coefficient (Wildman–Crippen LogP) is 0.751. The van der Waals surface area contributed by atoms with E-state index in [-0.39, 0.29) is 11.5 Å². The second-order valence-corrected chi connectivity index (χ2v) is 8.11. The smallest absolute Gasteiger partial charge is 0.339 e. The molecule has 1 N–H and O–H groups in total. The van der Waals surface area contributed by atoms with Gasteiger partial charge in [0.1, 0.15) is 0 Å². The van der Waals surface area contributed by atoms with Crippen molar-refractivity contribution in [2.75, 3.05) is 18.1 Å². The van der Waals surface area contributed by atoms with Crippen LogP contribution in [-0.4, -0.2) is 44.4 Å². The van der Waals surface area contributed by atoms with Crippen LogP contribution in [0.1, 0.15) is 16.8 Å². The minimum atomic E-state index is -3.04. The van der Waals surface area contributed by atoms with Crippen molar-refractivity contribution in [3.63, 3.8) is 0 Å². The van der Waals surface area contributed by atoms with Crippen molar-refractivity contribution in [2.24, 2.45) is 0 Å². The highest BCUT2D eigenvalue weighted by molar-refractivity contribution is 14.1. The molecule has 0 saturated carbocycles. The summed E-state index contributed by atoms with van der Waals surface area (Å²) in [6.07, 6.45) is 0.401. The number of rotatable bonds is 4. The Morgan fingerprint density at radius 1 is 1.33 bits per heavy atom. The van der Waals surface area contributed by atoms with Crippen LogP contribution in [0.2, 0.25) is 0 Å². The van der Waals surface area contributed by atoms with E-state index >= 15 is 0 Å². The van der Waals surface area contributed by atoms with Crippen LogP contribution in [-0.2, 0) is 19.4 Å². The number of sulfone groups is 1. The molecule has 1 aromatic rings. The molecule has 0 bridgehead atoms. The normalized spacial score (nSPS) is 20.0. The molecule has 6 nitrogen and oxygen atoms in total. The second kappa shape index (κ2) is 6.73. The zero-order valence-electron chi connectivity index (χ0n) is 11.0. The number of ether oxygens (including phenoxy) is 1. The number of halogens is 1. The van der Waals surface area contributed by atoms with Crippen molar-refractivity contribution in [3.8, 4) is 0 Å². The van der Waals surface area contributed by atoms with Crippen LogP contribution < -0.4 is 5.32 Å². The summed E-state index contributed by atoms with van der Waals surface area (Å²) < 4.78 is 28.2. The van der Waals surface area contributed by atoms with Gasteiger partial charge in [-0.2, -0.15) is 0 Å². The molecule has 0 spiro atoms. The summed E-state index contributed by atoms with van der Waals surface area (Å²) in [5.41, 5.74) is 0.398. The van der Waals surface area contributed by atoms with Gasteiger partial charge in [-0.05, 0) is 41.1 Å². The molecule has 1 amide bonds. The molecule has 1 aliphatic heterocycles. The van der Waals surface area contributed by atoms with E-state index in [0.717, 1.165) is 3.57 Å². The standard InChI is InChI=1S/C13H14INO5S/c14-11-4-2-1-3-10(11)13(17)20-7-12(16)15-9-5-6-21(18,19)8-9/h1-4,9H,5-8H2,(H,15,16)/t9-/m1/s1. The Bertz CT molecular complexity index is 658. The summed E-state index contributed by atoms with van der Waals surface area (Å²) in [5, 5.41) is 2.56. The minimum absolute atomic E-state index is 0.0523. The van der Waals surface area contributed by atoms with Gasteiger partial charge in [0.25, 0.3) is 5.91 Å². The number of benzene rings is 1. The molecule has 1 aromatic carbocycles. The van der Waals surface area contributed by atoms with Gasteiger partial charge in [0.05, 0.1) is 17.1 Å². The lowest BCUT2D eigenvalue weighted by Crippen LogP contribution is -2.38. The summed E-state index contributed by atoms with van der Waals surface area (Å²) in [5.74, 6) is -1.03. The molecule has 0 aliphatic carbocycles. The molecule has 114 valence electrons.